The number of hydrogen-bond acceptors (Lipinski definition) is 5. The maximum atomic E-state index is 11.3. The number of rotatable bonds is 7. The number of nitrogens with zero attached hydrogens (tertiary/aromatic N) is 1. The zero-order valence-corrected chi connectivity index (χ0v) is 11.2. The molecule has 6 nitrogen and oxygen atoms in total. The van der Waals surface area contributed by atoms with Crippen molar-refractivity contribution in [3.05, 3.63) is 29.6 Å². The lowest BCUT2D eigenvalue weighted by Gasteiger charge is -2.06. The van der Waals surface area contributed by atoms with E-state index in [0.29, 0.717) is 18.7 Å². The van der Waals surface area contributed by atoms with Gasteiger partial charge in [0.2, 0.25) is 5.91 Å². The van der Waals surface area contributed by atoms with E-state index >= 15 is 0 Å². The van der Waals surface area contributed by atoms with E-state index < -0.39 is 5.97 Å². The highest BCUT2D eigenvalue weighted by Crippen LogP contribution is 2.01. The van der Waals surface area contributed by atoms with E-state index in [-0.39, 0.29) is 12.5 Å². The van der Waals surface area contributed by atoms with Crippen LogP contribution in [0, 0.1) is 0 Å². The van der Waals surface area contributed by atoms with E-state index in [0.717, 1.165) is 12.1 Å². The van der Waals surface area contributed by atoms with Crippen molar-refractivity contribution < 1.29 is 14.3 Å². The SMILES string of the molecule is CCCNC(=O)CNCc1ccc(C(=O)OC)cn1. The Labute approximate surface area is 112 Å². The number of amides is 1. The highest BCUT2D eigenvalue weighted by Gasteiger charge is 2.05. The van der Waals surface area contributed by atoms with Gasteiger partial charge in [0, 0.05) is 19.3 Å². The second-order valence-corrected chi connectivity index (χ2v) is 3.98. The minimum atomic E-state index is -0.411. The molecule has 0 aliphatic heterocycles. The average Bonchev–Trinajstić information content (AvgIpc) is 2.45. The molecule has 1 amide bonds. The Balaban J connectivity index is 2.34. The summed E-state index contributed by atoms with van der Waals surface area (Å²) in [5.41, 5.74) is 1.17. The van der Waals surface area contributed by atoms with Crippen molar-refractivity contribution >= 4 is 11.9 Å². The van der Waals surface area contributed by atoms with Crippen LogP contribution in [0.5, 0.6) is 0 Å². The van der Waals surface area contributed by atoms with Crippen molar-refractivity contribution in [2.45, 2.75) is 19.9 Å². The molecule has 0 aromatic carbocycles. The van der Waals surface area contributed by atoms with E-state index in [1.54, 1.807) is 12.1 Å². The van der Waals surface area contributed by atoms with Gasteiger partial charge >= 0.3 is 5.97 Å². The van der Waals surface area contributed by atoms with Gasteiger partial charge in [-0.15, -0.1) is 0 Å². The third-order valence-electron chi connectivity index (χ3n) is 2.41. The van der Waals surface area contributed by atoms with Crippen LogP contribution in [0.4, 0.5) is 0 Å². The van der Waals surface area contributed by atoms with E-state index in [9.17, 15) is 9.59 Å². The number of esters is 1. The summed E-state index contributed by atoms with van der Waals surface area (Å²) in [6.07, 6.45) is 2.38. The quantitative estimate of drug-likeness (QED) is 0.701. The molecule has 0 unspecified atom stereocenters. The third-order valence-corrected chi connectivity index (χ3v) is 2.41. The summed E-state index contributed by atoms with van der Waals surface area (Å²) in [5, 5.41) is 5.75. The second kappa shape index (κ2) is 8.20. The van der Waals surface area contributed by atoms with Crippen molar-refractivity contribution in [1.29, 1.82) is 0 Å². The molecule has 1 rings (SSSR count). The molecule has 0 radical (unpaired) electrons. The van der Waals surface area contributed by atoms with Gasteiger partial charge in [0.1, 0.15) is 0 Å². The standard InChI is InChI=1S/C13H19N3O3/c1-3-6-15-12(17)9-14-8-11-5-4-10(7-16-11)13(18)19-2/h4-5,7,14H,3,6,8-9H2,1-2H3,(H,15,17). The molecule has 2 N–H and O–H groups in total. The second-order valence-electron chi connectivity index (χ2n) is 3.98. The number of carbonyl (C=O) groups excluding carboxylic acids is 2. The molecule has 0 aliphatic rings. The Kier molecular flexibility index (Phi) is 6.52. The van der Waals surface area contributed by atoms with Crippen LogP contribution in [0.3, 0.4) is 0 Å². The first kappa shape index (κ1) is 15.1. The fourth-order valence-electron chi connectivity index (χ4n) is 1.40. The lowest BCUT2D eigenvalue weighted by Crippen LogP contribution is -2.34. The fourth-order valence-corrected chi connectivity index (χ4v) is 1.40. The summed E-state index contributed by atoms with van der Waals surface area (Å²) in [5.74, 6) is -0.445. The molecule has 0 saturated heterocycles. The molecule has 104 valence electrons. The number of ether oxygens (including phenoxy) is 1. The number of hydrogen-bond donors (Lipinski definition) is 2. The van der Waals surface area contributed by atoms with Gasteiger partial charge in [-0.05, 0) is 18.6 Å². The number of pyridine rings is 1. The normalized spacial score (nSPS) is 10.0. The van der Waals surface area contributed by atoms with Gasteiger partial charge in [0.05, 0.1) is 24.9 Å². The number of methoxy groups -OCH3 is 1. The van der Waals surface area contributed by atoms with Crippen molar-refractivity contribution in [3.8, 4) is 0 Å². The summed E-state index contributed by atoms with van der Waals surface area (Å²) in [6, 6.07) is 3.37. The maximum Gasteiger partial charge on any atom is 0.339 e. The summed E-state index contributed by atoms with van der Waals surface area (Å²) in [6.45, 7) is 3.41. The van der Waals surface area contributed by atoms with E-state index in [1.807, 2.05) is 6.92 Å². The van der Waals surface area contributed by atoms with Crippen LogP contribution >= 0.6 is 0 Å². The van der Waals surface area contributed by atoms with Crippen LogP contribution < -0.4 is 10.6 Å². The first-order chi connectivity index (χ1) is 9.17. The number of nitrogens with one attached hydrogen (secondary N) is 2. The summed E-state index contributed by atoms with van der Waals surface area (Å²) < 4.78 is 4.58. The fraction of sp³-hybridized carbons (Fsp3) is 0.462. The predicted molar refractivity (Wildman–Crippen MR) is 70.6 cm³/mol. The molecule has 1 heterocycles. The van der Waals surface area contributed by atoms with Crippen molar-refractivity contribution in [2.24, 2.45) is 0 Å². The first-order valence-corrected chi connectivity index (χ1v) is 6.18. The third kappa shape index (κ3) is 5.48. The first-order valence-electron chi connectivity index (χ1n) is 6.18. The minimum absolute atomic E-state index is 0.0342. The molecule has 1 aromatic rings. The van der Waals surface area contributed by atoms with Crippen LogP contribution in [0.15, 0.2) is 18.3 Å². The topological polar surface area (TPSA) is 80.3 Å². The zero-order chi connectivity index (χ0) is 14.1. The zero-order valence-electron chi connectivity index (χ0n) is 11.2. The molecule has 1 aromatic heterocycles. The van der Waals surface area contributed by atoms with E-state index in [2.05, 4.69) is 20.4 Å². The van der Waals surface area contributed by atoms with Gasteiger partial charge in [0.15, 0.2) is 0 Å². The van der Waals surface area contributed by atoms with Crippen LogP contribution in [-0.2, 0) is 16.1 Å². The van der Waals surface area contributed by atoms with E-state index in [1.165, 1.54) is 13.3 Å². The van der Waals surface area contributed by atoms with Gasteiger partial charge in [-0.2, -0.15) is 0 Å². The number of aromatic nitrogens is 1. The predicted octanol–water partition coefficient (Wildman–Crippen LogP) is 0.484. The Morgan fingerprint density at radius 1 is 1.37 bits per heavy atom. The van der Waals surface area contributed by atoms with Gasteiger partial charge in [-0.25, -0.2) is 4.79 Å². The highest BCUT2D eigenvalue weighted by molar-refractivity contribution is 5.88. The average molecular weight is 265 g/mol. The molecule has 19 heavy (non-hydrogen) atoms. The number of carbonyl (C=O) groups is 2. The molecule has 0 aliphatic carbocycles. The Morgan fingerprint density at radius 2 is 2.16 bits per heavy atom. The monoisotopic (exact) mass is 265 g/mol. The molecule has 0 bridgehead atoms. The van der Waals surface area contributed by atoms with Crippen LogP contribution in [-0.4, -0.2) is 37.1 Å². The molecule has 0 saturated carbocycles. The molecular formula is C13H19N3O3. The lowest BCUT2D eigenvalue weighted by molar-refractivity contribution is -0.120. The maximum absolute atomic E-state index is 11.3. The van der Waals surface area contributed by atoms with Gasteiger partial charge in [-0.3, -0.25) is 9.78 Å². The molecule has 6 heteroatoms. The molecular weight excluding hydrogens is 246 g/mol. The molecule has 0 fully saturated rings. The van der Waals surface area contributed by atoms with E-state index in [4.69, 9.17) is 0 Å². The molecule has 0 spiro atoms. The van der Waals surface area contributed by atoms with Crippen LogP contribution in [0.25, 0.3) is 0 Å². The Bertz CT molecular complexity index is 418. The largest absolute Gasteiger partial charge is 0.465 e. The van der Waals surface area contributed by atoms with Crippen molar-refractivity contribution in [3.63, 3.8) is 0 Å². The van der Waals surface area contributed by atoms with Gasteiger partial charge in [-0.1, -0.05) is 6.92 Å². The smallest absolute Gasteiger partial charge is 0.339 e. The van der Waals surface area contributed by atoms with Crippen molar-refractivity contribution in [2.75, 3.05) is 20.2 Å². The highest BCUT2D eigenvalue weighted by atomic mass is 16.5. The van der Waals surface area contributed by atoms with Gasteiger partial charge < -0.3 is 15.4 Å². The van der Waals surface area contributed by atoms with Crippen molar-refractivity contribution in [1.82, 2.24) is 15.6 Å². The lowest BCUT2D eigenvalue weighted by atomic mass is 10.2. The Hall–Kier alpha value is -1.95. The summed E-state index contributed by atoms with van der Waals surface area (Å²) in [7, 11) is 1.33. The van der Waals surface area contributed by atoms with Gasteiger partial charge in [0.25, 0.3) is 0 Å². The molecule has 0 atom stereocenters. The minimum Gasteiger partial charge on any atom is -0.465 e. The van der Waals surface area contributed by atoms with Crippen LogP contribution in [0.1, 0.15) is 29.4 Å². The summed E-state index contributed by atoms with van der Waals surface area (Å²) in [4.78, 5) is 26.6. The summed E-state index contributed by atoms with van der Waals surface area (Å²) >= 11 is 0. The Morgan fingerprint density at radius 3 is 2.74 bits per heavy atom. The van der Waals surface area contributed by atoms with Crippen LogP contribution in [0.2, 0.25) is 0 Å².